The van der Waals surface area contributed by atoms with E-state index in [2.05, 4.69) is 4.98 Å². The fourth-order valence-electron chi connectivity index (χ4n) is 2.43. The van der Waals surface area contributed by atoms with E-state index in [4.69, 9.17) is 0 Å². The number of hydrogen-bond donors (Lipinski definition) is 0. The molecule has 0 saturated heterocycles. The maximum atomic E-state index is 14.0. The molecule has 3 rings (SSSR count). The van der Waals surface area contributed by atoms with Crippen LogP contribution in [0.4, 0.5) is 8.78 Å². The van der Waals surface area contributed by atoms with Gasteiger partial charge in [0.05, 0.1) is 12.1 Å². The van der Waals surface area contributed by atoms with Gasteiger partial charge in [-0.15, -0.1) is 0 Å². The third-order valence-electron chi connectivity index (χ3n) is 3.80. The molecular formula is C18H16F2N2O. The van der Waals surface area contributed by atoms with E-state index in [1.807, 2.05) is 0 Å². The zero-order valence-electron chi connectivity index (χ0n) is 12.9. The zero-order chi connectivity index (χ0) is 16.6. The number of hydrogen-bond acceptors (Lipinski definition) is 2. The van der Waals surface area contributed by atoms with Crippen molar-refractivity contribution in [1.29, 1.82) is 0 Å². The Balaban J connectivity index is 2.09. The Bertz CT molecular complexity index is 884. The molecule has 118 valence electrons. The van der Waals surface area contributed by atoms with Gasteiger partial charge in [-0.05, 0) is 23.8 Å². The lowest BCUT2D eigenvalue weighted by Crippen LogP contribution is -2.14. The number of aromatic nitrogens is 2. The first-order chi connectivity index (χ1) is 11.0. The molecule has 2 heterocycles. The molecule has 0 saturated carbocycles. The second kappa shape index (κ2) is 5.91. The number of carbonyl (C=O) groups is 1. The average molecular weight is 314 g/mol. The lowest BCUT2D eigenvalue weighted by atomic mass is 10.1. The normalized spacial score (nSPS) is 11.3. The van der Waals surface area contributed by atoms with E-state index in [-0.39, 0.29) is 29.6 Å². The van der Waals surface area contributed by atoms with Gasteiger partial charge < -0.3 is 4.57 Å². The van der Waals surface area contributed by atoms with E-state index in [9.17, 15) is 13.6 Å². The number of fused-ring (bicyclic) bond motifs is 1. The summed E-state index contributed by atoms with van der Waals surface area (Å²) in [6.45, 7) is 3.70. The molecule has 0 bridgehead atoms. The summed E-state index contributed by atoms with van der Waals surface area (Å²) in [7, 11) is 0. The summed E-state index contributed by atoms with van der Waals surface area (Å²) in [6, 6.07) is 7.85. The highest BCUT2D eigenvalue weighted by Crippen LogP contribution is 2.26. The smallest absolute Gasteiger partial charge is 0.167 e. The third kappa shape index (κ3) is 2.99. The van der Waals surface area contributed by atoms with Crippen molar-refractivity contribution in [3.63, 3.8) is 0 Å². The monoisotopic (exact) mass is 314 g/mol. The summed E-state index contributed by atoms with van der Waals surface area (Å²) in [5.74, 6) is -0.936. The fourth-order valence-corrected chi connectivity index (χ4v) is 2.43. The predicted molar refractivity (Wildman–Crippen MR) is 84.9 cm³/mol. The molecule has 0 radical (unpaired) electrons. The minimum atomic E-state index is -0.470. The highest BCUT2D eigenvalue weighted by atomic mass is 19.1. The molecule has 0 aliphatic heterocycles. The van der Waals surface area contributed by atoms with Crippen LogP contribution in [0.2, 0.25) is 0 Å². The van der Waals surface area contributed by atoms with Crippen LogP contribution < -0.4 is 0 Å². The van der Waals surface area contributed by atoms with Gasteiger partial charge in [-0.1, -0.05) is 26.0 Å². The van der Waals surface area contributed by atoms with Gasteiger partial charge in [0.15, 0.2) is 11.6 Å². The summed E-state index contributed by atoms with van der Waals surface area (Å²) >= 11 is 0. The van der Waals surface area contributed by atoms with Crippen LogP contribution in [0.1, 0.15) is 13.8 Å². The number of benzene rings is 1. The van der Waals surface area contributed by atoms with Crippen LogP contribution in [0.3, 0.4) is 0 Å². The molecule has 0 N–H and O–H groups in total. The number of pyridine rings is 1. The molecular weight excluding hydrogens is 298 g/mol. The number of ketones is 1. The Labute approximate surface area is 132 Å². The molecule has 0 aliphatic rings. The molecule has 0 spiro atoms. The molecule has 0 aliphatic carbocycles. The Hall–Kier alpha value is -2.56. The van der Waals surface area contributed by atoms with Crippen molar-refractivity contribution in [2.24, 2.45) is 5.92 Å². The Kier molecular flexibility index (Phi) is 3.94. The lowest BCUT2D eigenvalue weighted by Gasteiger charge is -2.08. The minimum absolute atomic E-state index is 0.0121. The van der Waals surface area contributed by atoms with Gasteiger partial charge in [-0.25, -0.2) is 8.78 Å². The van der Waals surface area contributed by atoms with Crippen LogP contribution >= 0.6 is 0 Å². The van der Waals surface area contributed by atoms with Gasteiger partial charge in [0.1, 0.15) is 11.3 Å². The maximum Gasteiger partial charge on any atom is 0.167 e. The van der Waals surface area contributed by atoms with Crippen LogP contribution in [-0.4, -0.2) is 15.3 Å². The molecule has 23 heavy (non-hydrogen) atoms. The molecule has 1 aromatic carbocycles. The minimum Gasteiger partial charge on any atom is -0.336 e. The van der Waals surface area contributed by atoms with E-state index in [0.29, 0.717) is 16.6 Å². The molecule has 0 atom stereocenters. The second-order valence-corrected chi connectivity index (χ2v) is 5.83. The van der Waals surface area contributed by atoms with Gasteiger partial charge in [0, 0.05) is 23.9 Å². The summed E-state index contributed by atoms with van der Waals surface area (Å²) in [5, 5.41) is 0. The van der Waals surface area contributed by atoms with Gasteiger partial charge in [-0.2, -0.15) is 0 Å². The van der Waals surface area contributed by atoms with E-state index in [1.54, 1.807) is 36.6 Å². The Morgan fingerprint density at radius 2 is 2.00 bits per heavy atom. The first-order valence-electron chi connectivity index (χ1n) is 7.38. The van der Waals surface area contributed by atoms with Crippen molar-refractivity contribution in [3.8, 4) is 11.1 Å². The average Bonchev–Trinajstić information content (AvgIpc) is 2.83. The van der Waals surface area contributed by atoms with Crippen LogP contribution in [-0.2, 0) is 11.3 Å². The molecule has 5 heteroatoms. The van der Waals surface area contributed by atoms with Gasteiger partial charge >= 0.3 is 0 Å². The predicted octanol–water partition coefficient (Wildman–Crippen LogP) is 4.21. The number of rotatable bonds is 4. The van der Waals surface area contributed by atoms with Crippen LogP contribution in [0.15, 0.2) is 42.7 Å². The van der Waals surface area contributed by atoms with Crippen molar-refractivity contribution < 1.29 is 13.6 Å². The quantitative estimate of drug-likeness (QED) is 0.723. The fraction of sp³-hybridized carbons (Fsp3) is 0.222. The molecule has 0 fully saturated rings. The van der Waals surface area contributed by atoms with Crippen LogP contribution in [0, 0.1) is 17.6 Å². The summed E-state index contributed by atoms with van der Waals surface area (Å²) in [4.78, 5) is 16.1. The van der Waals surface area contributed by atoms with Gasteiger partial charge in [0.2, 0.25) is 0 Å². The summed E-state index contributed by atoms with van der Waals surface area (Å²) < 4.78 is 28.9. The molecule has 2 aromatic heterocycles. The van der Waals surface area contributed by atoms with E-state index in [1.165, 1.54) is 24.5 Å². The highest BCUT2D eigenvalue weighted by Gasteiger charge is 2.15. The Morgan fingerprint density at radius 1 is 1.22 bits per heavy atom. The van der Waals surface area contributed by atoms with Crippen molar-refractivity contribution in [3.05, 3.63) is 54.4 Å². The topological polar surface area (TPSA) is 34.9 Å². The first kappa shape index (κ1) is 15.3. The number of carbonyl (C=O) groups excluding carboxylic acids is 1. The molecule has 3 aromatic rings. The van der Waals surface area contributed by atoms with Gasteiger partial charge in [-0.3, -0.25) is 9.78 Å². The number of nitrogens with zero attached hydrogens (tertiary/aromatic N) is 2. The number of Topliss-reactive ketones (excluding diaryl/α,β-unsaturated/α-hetero) is 1. The van der Waals surface area contributed by atoms with Crippen molar-refractivity contribution >= 4 is 16.8 Å². The maximum absolute atomic E-state index is 14.0. The SMILES string of the molecule is CC(C)C(=O)Cn1cc(F)c2ncc(-c3cccc(F)c3)cc21. The molecule has 0 amide bonds. The first-order valence-corrected chi connectivity index (χ1v) is 7.38. The Morgan fingerprint density at radius 3 is 2.70 bits per heavy atom. The molecule has 0 unspecified atom stereocenters. The van der Waals surface area contributed by atoms with Crippen molar-refractivity contribution in [1.82, 2.24) is 9.55 Å². The highest BCUT2D eigenvalue weighted by molar-refractivity contribution is 5.85. The van der Waals surface area contributed by atoms with Crippen LogP contribution in [0.5, 0.6) is 0 Å². The van der Waals surface area contributed by atoms with Crippen molar-refractivity contribution in [2.45, 2.75) is 20.4 Å². The third-order valence-corrected chi connectivity index (χ3v) is 3.80. The van der Waals surface area contributed by atoms with Crippen LogP contribution in [0.25, 0.3) is 22.2 Å². The summed E-state index contributed by atoms with van der Waals surface area (Å²) in [6.07, 6.45) is 2.79. The standard InChI is InChI=1S/C18H16F2N2O/c1-11(2)17(23)10-22-9-15(20)18-16(22)7-13(8-21-18)12-4-3-5-14(19)6-12/h3-9,11H,10H2,1-2H3. The zero-order valence-corrected chi connectivity index (χ0v) is 12.9. The largest absolute Gasteiger partial charge is 0.336 e. The molecule has 3 nitrogen and oxygen atoms in total. The van der Waals surface area contributed by atoms with E-state index in [0.717, 1.165) is 0 Å². The van der Waals surface area contributed by atoms with E-state index >= 15 is 0 Å². The van der Waals surface area contributed by atoms with E-state index < -0.39 is 5.82 Å². The van der Waals surface area contributed by atoms with Gasteiger partial charge in [0.25, 0.3) is 0 Å². The number of halogens is 2. The summed E-state index contributed by atoms with van der Waals surface area (Å²) in [5.41, 5.74) is 2.07. The lowest BCUT2D eigenvalue weighted by molar-refractivity contribution is -0.122. The van der Waals surface area contributed by atoms with Crippen molar-refractivity contribution in [2.75, 3.05) is 0 Å². The second-order valence-electron chi connectivity index (χ2n) is 5.83.